The number of fused-ring (bicyclic) bond motifs is 2. The number of carbonyl (C=O) groups is 2. The van der Waals surface area contributed by atoms with E-state index >= 15 is 0 Å². The van der Waals surface area contributed by atoms with Gasteiger partial charge in [0.1, 0.15) is 5.82 Å². The van der Waals surface area contributed by atoms with Crippen molar-refractivity contribution in [3.8, 4) is 0 Å². The van der Waals surface area contributed by atoms with Crippen molar-refractivity contribution in [1.29, 1.82) is 0 Å². The van der Waals surface area contributed by atoms with Crippen LogP contribution in [0.5, 0.6) is 0 Å². The summed E-state index contributed by atoms with van der Waals surface area (Å²) >= 11 is 1.39. The smallest absolute Gasteiger partial charge is 0.257 e. The average molecular weight is 530 g/mol. The van der Waals surface area contributed by atoms with Crippen molar-refractivity contribution in [2.75, 3.05) is 25.0 Å². The molecule has 7 nitrogen and oxygen atoms in total. The molecule has 0 spiro atoms. The van der Waals surface area contributed by atoms with Crippen LogP contribution in [0.25, 0.3) is 0 Å². The number of halogens is 1. The van der Waals surface area contributed by atoms with Gasteiger partial charge in [-0.1, -0.05) is 13.8 Å². The van der Waals surface area contributed by atoms with Crippen LogP contribution in [0.2, 0.25) is 0 Å². The van der Waals surface area contributed by atoms with E-state index < -0.39 is 17.3 Å². The Morgan fingerprint density at radius 2 is 1.89 bits per heavy atom. The molecule has 0 unspecified atom stereocenters. The first-order valence-electron chi connectivity index (χ1n) is 13.3. The molecule has 3 N–H and O–H groups in total. The van der Waals surface area contributed by atoms with Gasteiger partial charge in [0.05, 0.1) is 18.4 Å². The SMILES string of the molecule is C[C@]1(CO)[C@H]2Cc3sc(NC(=O)c4ccc(F)cc4)nc3[C@@H](CC(=O)N3CCCCC3)[C@]2(C)CC[C@H]1O. The molecule has 3 aliphatic rings. The lowest BCUT2D eigenvalue weighted by Gasteiger charge is -2.58. The van der Waals surface area contributed by atoms with Crippen molar-refractivity contribution in [3.05, 3.63) is 46.2 Å². The van der Waals surface area contributed by atoms with Gasteiger partial charge in [0.25, 0.3) is 5.91 Å². The van der Waals surface area contributed by atoms with Crippen molar-refractivity contribution in [1.82, 2.24) is 9.88 Å². The molecule has 1 saturated carbocycles. The molecule has 200 valence electrons. The zero-order chi connectivity index (χ0) is 26.4. The second-order valence-electron chi connectivity index (χ2n) is 11.5. The van der Waals surface area contributed by atoms with Gasteiger partial charge in [0.2, 0.25) is 5.91 Å². The Bertz CT molecular complexity index is 1160. The van der Waals surface area contributed by atoms with Crippen LogP contribution in [0.15, 0.2) is 24.3 Å². The molecule has 1 aliphatic heterocycles. The van der Waals surface area contributed by atoms with E-state index in [0.717, 1.165) is 49.3 Å². The van der Waals surface area contributed by atoms with Crippen molar-refractivity contribution in [3.63, 3.8) is 0 Å². The highest BCUT2D eigenvalue weighted by Gasteiger charge is 2.59. The van der Waals surface area contributed by atoms with E-state index in [0.29, 0.717) is 30.0 Å². The summed E-state index contributed by atoms with van der Waals surface area (Å²) in [5.41, 5.74) is 0.156. The fraction of sp³-hybridized carbons (Fsp3) is 0.607. The Balaban J connectivity index is 1.49. The number of likely N-dealkylation sites (tertiary alicyclic amines) is 1. The third kappa shape index (κ3) is 4.70. The number of anilines is 1. The number of thiazole rings is 1. The van der Waals surface area contributed by atoms with E-state index in [2.05, 4.69) is 12.2 Å². The number of piperidine rings is 1. The van der Waals surface area contributed by atoms with E-state index in [1.54, 1.807) is 0 Å². The molecule has 2 aliphatic carbocycles. The van der Waals surface area contributed by atoms with Crippen LogP contribution < -0.4 is 5.32 Å². The molecule has 2 heterocycles. The highest BCUT2D eigenvalue weighted by atomic mass is 32.1. The van der Waals surface area contributed by atoms with Gasteiger partial charge >= 0.3 is 0 Å². The molecular formula is C28H36FN3O4S. The van der Waals surface area contributed by atoms with E-state index in [-0.39, 0.29) is 35.7 Å². The fourth-order valence-electron chi connectivity index (χ4n) is 6.92. The Morgan fingerprint density at radius 3 is 2.57 bits per heavy atom. The first kappa shape index (κ1) is 26.3. The highest BCUT2D eigenvalue weighted by Crippen LogP contribution is 2.63. The highest BCUT2D eigenvalue weighted by molar-refractivity contribution is 7.15. The zero-order valence-electron chi connectivity index (χ0n) is 21.5. The summed E-state index contributed by atoms with van der Waals surface area (Å²) in [6, 6.07) is 5.36. The molecule has 2 aromatic rings. The molecule has 0 bridgehead atoms. The number of benzene rings is 1. The van der Waals surface area contributed by atoms with Gasteiger partial charge in [-0.2, -0.15) is 0 Å². The summed E-state index contributed by atoms with van der Waals surface area (Å²) < 4.78 is 13.3. The second-order valence-corrected chi connectivity index (χ2v) is 12.6. The van der Waals surface area contributed by atoms with Crippen molar-refractivity contribution in [2.24, 2.45) is 16.7 Å². The van der Waals surface area contributed by atoms with E-state index in [4.69, 9.17) is 4.98 Å². The van der Waals surface area contributed by atoms with E-state index in [1.165, 1.54) is 35.6 Å². The standard InChI is InChI=1S/C28H36FN3O4S/c1-27-11-10-22(34)28(2,16-33)21(27)15-20-24(19(27)14-23(35)32-12-4-3-5-13-32)30-26(37-20)31-25(36)17-6-8-18(29)9-7-17/h6-9,19,21-22,33-34H,3-5,10-16H2,1-2H3,(H,30,31,36)/t19-,21+,22-,27+,28+/m1/s1. The van der Waals surface area contributed by atoms with Gasteiger partial charge in [-0.15, -0.1) is 11.3 Å². The first-order chi connectivity index (χ1) is 17.7. The number of hydrogen-bond acceptors (Lipinski definition) is 6. The average Bonchev–Trinajstić information content (AvgIpc) is 3.30. The summed E-state index contributed by atoms with van der Waals surface area (Å²) in [5.74, 6) is -0.874. The van der Waals surface area contributed by atoms with E-state index in [9.17, 15) is 24.2 Å². The molecule has 5 rings (SSSR count). The summed E-state index contributed by atoms with van der Waals surface area (Å²) in [6.45, 7) is 5.56. The predicted molar refractivity (Wildman–Crippen MR) is 140 cm³/mol. The monoisotopic (exact) mass is 529 g/mol. The molecule has 5 atom stereocenters. The molecule has 2 fully saturated rings. The molecule has 2 amide bonds. The Morgan fingerprint density at radius 1 is 1.19 bits per heavy atom. The van der Waals surface area contributed by atoms with Crippen LogP contribution in [0.3, 0.4) is 0 Å². The topological polar surface area (TPSA) is 103 Å². The van der Waals surface area contributed by atoms with Gasteiger partial charge in [-0.3, -0.25) is 14.9 Å². The molecular weight excluding hydrogens is 493 g/mol. The number of hydrogen-bond donors (Lipinski definition) is 3. The maximum atomic E-state index is 13.5. The van der Waals surface area contributed by atoms with Crippen LogP contribution in [-0.2, 0) is 11.2 Å². The minimum absolute atomic E-state index is 0.0403. The molecule has 9 heteroatoms. The zero-order valence-corrected chi connectivity index (χ0v) is 22.3. The Labute approximate surface area is 221 Å². The van der Waals surface area contributed by atoms with Gasteiger partial charge in [-0.25, -0.2) is 9.37 Å². The number of nitrogens with zero attached hydrogens (tertiary/aromatic N) is 2. The summed E-state index contributed by atoms with van der Waals surface area (Å²) in [4.78, 5) is 34.1. The Kier molecular flexibility index (Phi) is 7.15. The quantitative estimate of drug-likeness (QED) is 0.534. The number of amides is 2. The third-order valence-corrected chi connectivity index (χ3v) is 10.3. The van der Waals surface area contributed by atoms with Crippen LogP contribution >= 0.6 is 11.3 Å². The molecule has 1 aromatic carbocycles. The first-order valence-corrected chi connectivity index (χ1v) is 14.1. The molecule has 1 saturated heterocycles. The van der Waals surface area contributed by atoms with Crippen molar-refractivity contribution in [2.45, 2.75) is 70.8 Å². The lowest BCUT2D eigenvalue weighted by Crippen LogP contribution is -2.57. The minimum atomic E-state index is -0.696. The van der Waals surface area contributed by atoms with Gasteiger partial charge in [-0.05, 0) is 74.1 Å². The number of aliphatic hydroxyl groups is 2. The third-order valence-electron chi connectivity index (χ3n) is 9.31. The lowest BCUT2D eigenvalue weighted by atomic mass is 9.47. The maximum absolute atomic E-state index is 13.5. The van der Waals surface area contributed by atoms with Crippen LogP contribution in [0, 0.1) is 22.6 Å². The largest absolute Gasteiger partial charge is 0.396 e. The van der Waals surface area contributed by atoms with Gasteiger partial charge in [0, 0.05) is 41.3 Å². The van der Waals surface area contributed by atoms with Crippen molar-refractivity contribution >= 4 is 28.3 Å². The minimum Gasteiger partial charge on any atom is -0.396 e. The number of rotatable bonds is 5. The van der Waals surface area contributed by atoms with E-state index in [1.807, 2.05) is 11.8 Å². The number of aromatic nitrogens is 1. The van der Waals surface area contributed by atoms with Crippen LogP contribution in [0.4, 0.5) is 9.52 Å². The Hall–Kier alpha value is -2.36. The second kappa shape index (κ2) is 10.1. The van der Waals surface area contributed by atoms with Gasteiger partial charge < -0.3 is 15.1 Å². The van der Waals surface area contributed by atoms with Crippen molar-refractivity contribution < 1.29 is 24.2 Å². The van der Waals surface area contributed by atoms with Crippen LogP contribution in [0.1, 0.15) is 79.2 Å². The normalized spacial score (nSPS) is 31.4. The fourth-order valence-corrected chi connectivity index (χ4v) is 7.98. The van der Waals surface area contributed by atoms with Crippen LogP contribution in [-0.4, -0.2) is 57.7 Å². The maximum Gasteiger partial charge on any atom is 0.257 e. The summed E-state index contributed by atoms with van der Waals surface area (Å²) in [6.07, 6.45) is 4.81. The summed E-state index contributed by atoms with van der Waals surface area (Å²) in [7, 11) is 0. The number of nitrogens with one attached hydrogen (secondary N) is 1. The number of carbonyl (C=O) groups excluding carboxylic acids is 2. The molecule has 1 aromatic heterocycles. The molecule has 37 heavy (non-hydrogen) atoms. The predicted octanol–water partition coefficient (Wildman–Crippen LogP) is 4.35. The molecule has 0 radical (unpaired) electrons. The number of aliphatic hydroxyl groups excluding tert-OH is 2. The van der Waals surface area contributed by atoms with Gasteiger partial charge in [0.15, 0.2) is 5.13 Å². The lowest BCUT2D eigenvalue weighted by molar-refractivity contribution is -0.147. The summed E-state index contributed by atoms with van der Waals surface area (Å²) in [5, 5.41) is 24.7.